The summed E-state index contributed by atoms with van der Waals surface area (Å²) in [5, 5.41) is 3.03. The van der Waals surface area contributed by atoms with Gasteiger partial charge in [-0.3, -0.25) is 4.79 Å². The Hall–Kier alpha value is -0.180. The van der Waals surface area contributed by atoms with E-state index in [0.29, 0.717) is 10.8 Å². The number of carbonyl (C=O) groups is 1. The zero-order valence-electron chi connectivity index (χ0n) is 7.81. The van der Waals surface area contributed by atoms with Crippen LogP contribution in [0.15, 0.2) is 0 Å². The molecule has 68 valence electrons. The van der Waals surface area contributed by atoms with Gasteiger partial charge < -0.3 is 5.32 Å². The quantitative estimate of drug-likeness (QED) is 0.659. The van der Waals surface area contributed by atoms with Gasteiger partial charge in [0, 0.05) is 4.75 Å². The molecule has 1 N–H and O–H groups in total. The molecule has 12 heavy (non-hydrogen) atoms. The first-order chi connectivity index (χ1) is 5.53. The van der Waals surface area contributed by atoms with Crippen LogP contribution in [0.2, 0.25) is 0 Å². The Morgan fingerprint density at radius 3 is 2.33 bits per heavy atom. The molecule has 1 unspecified atom stereocenters. The fourth-order valence-electron chi connectivity index (χ4n) is 2.07. The summed E-state index contributed by atoms with van der Waals surface area (Å²) in [5.74, 6) is 0.216. The molecule has 0 bridgehead atoms. The first-order valence-corrected chi connectivity index (χ1v) is 5.61. The molecule has 3 heteroatoms. The fraction of sp³-hybridized carbons (Fsp3) is 0.889. The van der Waals surface area contributed by atoms with Crippen LogP contribution < -0.4 is 5.32 Å². The molecule has 0 aromatic heterocycles. The minimum absolute atomic E-state index is 0.125. The maximum absolute atomic E-state index is 11.2. The molecule has 1 atom stereocenters. The average Bonchev–Trinajstić information content (AvgIpc) is 2.81. The van der Waals surface area contributed by atoms with E-state index in [2.05, 4.69) is 11.6 Å². The topological polar surface area (TPSA) is 29.1 Å². The molecule has 2 rings (SSSR count). The monoisotopic (exact) mass is 185 g/mol. The number of nitrogens with one attached hydrogen (secondary N) is 1. The zero-order chi connectivity index (χ0) is 8.98. The normalized spacial score (nSPS) is 35.2. The lowest BCUT2D eigenvalue weighted by Crippen LogP contribution is -2.68. The molecule has 2 fully saturated rings. The van der Waals surface area contributed by atoms with Gasteiger partial charge in [-0.05, 0) is 32.9 Å². The minimum atomic E-state index is -0.125. The van der Waals surface area contributed by atoms with Gasteiger partial charge in [-0.1, -0.05) is 0 Å². The van der Waals surface area contributed by atoms with Crippen molar-refractivity contribution in [1.29, 1.82) is 0 Å². The number of rotatable bonds is 2. The fourth-order valence-corrected chi connectivity index (χ4v) is 3.17. The van der Waals surface area contributed by atoms with E-state index in [0.717, 1.165) is 0 Å². The molecule has 2 nitrogen and oxygen atoms in total. The molecule has 0 spiro atoms. The number of hydrogen-bond donors (Lipinski definition) is 1. The van der Waals surface area contributed by atoms with E-state index in [1.54, 1.807) is 0 Å². The van der Waals surface area contributed by atoms with Gasteiger partial charge in [0.25, 0.3) is 0 Å². The second-order valence-electron chi connectivity index (χ2n) is 4.40. The van der Waals surface area contributed by atoms with Crippen molar-refractivity contribution >= 4 is 17.7 Å². The number of amides is 1. The lowest BCUT2D eigenvalue weighted by molar-refractivity contribution is -0.143. The van der Waals surface area contributed by atoms with Crippen LogP contribution in [0.3, 0.4) is 0 Å². The highest BCUT2D eigenvalue weighted by atomic mass is 32.2. The second kappa shape index (κ2) is 2.19. The van der Waals surface area contributed by atoms with Crippen molar-refractivity contribution < 1.29 is 4.79 Å². The predicted octanol–water partition coefficient (Wildman–Crippen LogP) is 1.41. The minimum Gasteiger partial charge on any atom is -0.350 e. The van der Waals surface area contributed by atoms with Crippen LogP contribution in [-0.4, -0.2) is 23.0 Å². The molecule has 0 aromatic carbocycles. The molecule has 2 aliphatic rings. The van der Waals surface area contributed by atoms with Gasteiger partial charge in [-0.15, -0.1) is 0 Å². The van der Waals surface area contributed by atoms with Crippen LogP contribution in [0.25, 0.3) is 0 Å². The molecule has 0 aromatic rings. The number of thioether (sulfide) groups is 1. The summed E-state index contributed by atoms with van der Waals surface area (Å²) >= 11 is 1.91. The zero-order valence-corrected chi connectivity index (χ0v) is 8.62. The molecule has 1 aliphatic carbocycles. The van der Waals surface area contributed by atoms with Crippen LogP contribution in [-0.2, 0) is 4.79 Å². The lowest BCUT2D eigenvalue weighted by atomic mass is 9.73. The standard InChI is InChI=1S/C9H15NOS/c1-8(2)6(10-7(8)11)9(12-3)4-5-9/h6H,4-5H2,1-3H3,(H,10,11). The Morgan fingerprint density at radius 1 is 1.50 bits per heavy atom. The maximum atomic E-state index is 11.2. The average molecular weight is 185 g/mol. The summed E-state index contributed by atoms with van der Waals surface area (Å²) < 4.78 is 0.386. The van der Waals surface area contributed by atoms with Crippen LogP contribution >= 0.6 is 11.8 Å². The van der Waals surface area contributed by atoms with E-state index in [-0.39, 0.29) is 11.3 Å². The van der Waals surface area contributed by atoms with E-state index in [4.69, 9.17) is 0 Å². The van der Waals surface area contributed by atoms with Gasteiger partial charge in [0.05, 0.1) is 11.5 Å². The third-order valence-corrected chi connectivity index (χ3v) is 4.71. The summed E-state index contributed by atoms with van der Waals surface area (Å²) in [7, 11) is 0. The Kier molecular flexibility index (Phi) is 1.54. The van der Waals surface area contributed by atoms with Crippen molar-refractivity contribution in [3.63, 3.8) is 0 Å². The summed E-state index contributed by atoms with van der Waals surface area (Å²) in [4.78, 5) is 11.2. The third kappa shape index (κ3) is 0.859. The van der Waals surface area contributed by atoms with Gasteiger partial charge in [0.2, 0.25) is 5.91 Å². The summed E-state index contributed by atoms with van der Waals surface area (Å²) in [6.45, 7) is 4.10. The number of hydrogen-bond acceptors (Lipinski definition) is 2. The summed E-state index contributed by atoms with van der Waals surface area (Å²) in [6, 6.07) is 0.410. The lowest BCUT2D eigenvalue weighted by Gasteiger charge is -2.48. The molecule has 1 heterocycles. The number of carbonyl (C=O) groups excluding carboxylic acids is 1. The van der Waals surface area contributed by atoms with Crippen molar-refractivity contribution in [2.45, 2.75) is 37.5 Å². The van der Waals surface area contributed by atoms with Gasteiger partial charge in [-0.25, -0.2) is 0 Å². The Morgan fingerprint density at radius 2 is 2.08 bits per heavy atom. The summed E-state index contributed by atoms with van der Waals surface area (Å²) in [5.41, 5.74) is -0.125. The molecule has 0 radical (unpaired) electrons. The second-order valence-corrected chi connectivity index (χ2v) is 5.62. The molecule has 1 saturated heterocycles. The van der Waals surface area contributed by atoms with Crippen LogP contribution in [0, 0.1) is 5.41 Å². The third-order valence-electron chi connectivity index (χ3n) is 3.26. The smallest absolute Gasteiger partial charge is 0.228 e. The molecular formula is C9H15NOS. The van der Waals surface area contributed by atoms with Gasteiger partial charge in [0.1, 0.15) is 0 Å². The maximum Gasteiger partial charge on any atom is 0.228 e. The van der Waals surface area contributed by atoms with Gasteiger partial charge >= 0.3 is 0 Å². The van der Waals surface area contributed by atoms with Gasteiger partial charge in [-0.2, -0.15) is 11.8 Å². The molecule has 1 amide bonds. The first kappa shape index (κ1) is 8.42. The Balaban J connectivity index is 2.13. The Bertz CT molecular complexity index is 233. The first-order valence-electron chi connectivity index (χ1n) is 4.39. The summed E-state index contributed by atoms with van der Waals surface area (Å²) in [6.07, 6.45) is 4.68. The van der Waals surface area contributed by atoms with E-state index in [1.807, 2.05) is 25.6 Å². The molecule has 1 aliphatic heterocycles. The van der Waals surface area contributed by atoms with Crippen molar-refractivity contribution in [3.8, 4) is 0 Å². The predicted molar refractivity (Wildman–Crippen MR) is 51.2 cm³/mol. The molecular weight excluding hydrogens is 170 g/mol. The van der Waals surface area contributed by atoms with Gasteiger partial charge in [0.15, 0.2) is 0 Å². The highest BCUT2D eigenvalue weighted by Gasteiger charge is 2.62. The van der Waals surface area contributed by atoms with E-state index < -0.39 is 0 Å². The van der Waals surface area contributed by atoms with Crippen LogP contribution in [0.1, 0.15) is 26.7 Å². The van der Waals surface area contributed by atoms with Crippen molar-refractivity contribution in [2.75, 3.05) is 6.26 Å². The van der Waals surface area contributed by atoms with E-state index in [9.17, 15) is 4.79 Å². The Labute approximate surface area is 77.5 Å². The van der Waals surface area contributed by atoms with Crippen molar-refractivity contribution in [3.05, 3.63) is 0 Å². The van der Waals surface area contributed by atoms with E-state index >= 15 is 0 Å². The SMILES string of the molecule is CSC1(C2NC(=O)C2(C)C)CC1. The largest absolute Gasteiger partial charge is 0.350 e. The molecule has 1 saturated carbocycles. The highest BCUT2D eigenvalue weighted by Crippen LogP contribution is 2.56. The van der Waals surface area contributed by atoms with Crippen molar-refractivity contribution in [2.24, 2.45) is 5.41 Å². The van der Waals surface area contributed by atoms with Crippen LogP contribution in [0.5, 0.6) is 0 Å². The van der Waals surface area contributed by atoms with Crippen LogP contribution in [0.4, 0.5) is 0 Å². The van der Waals surface area contributed by atoms with Crippen molar-refractivity contribution in [1.82, 2.24) is 5.32 Å². The highest BCUT2D eigenvalue weighted by molar-refractivity contribution is 8.00. The number of β-lactam (4-membered cyclic amide) rings is 1. The van der Waals surface area contributed by atoms with E-state index in [1.165, 1.54) is 12.8 Å².